The number of benzene rings is 6. The second-order valence-corrected chi connectivity index (χ2v) is 15.2. The van der Waals surface area contributed by atoms with Gasteiger partial charge in [-0.1, -0.05) is 153 Å². The van der Waals surface area contributed by atoms with Gasteiger partial charge in [-0.2, -0.15) is 4.98 Å². The molecule has 6 aromatic carbocycles. The van der Waals surface area contributed by atoms with Crippen LogP contribution in [0, 0.1) is 5.92 Å². The number of aliphatic hydroxyl groups is 1. The average molecular weight is 800 g/mol. The van der Waals surface area contributed by atoms with E-state index >= 15 is 0 Å². The fraction of sp³-hybridized carbons (Fsp3) is 0.216. The molecule has 0 radical (unpaired) electrons. The Balaban J connectivity index is 1.25. The first-order valence-electron chi connectivity index (χ1n) is 20.2. The van der Waals surface area contributed by atoms with Gasteiger partial charge in [-0.3, -0.25) is 4.57 Å². The summed E-state index contributed by atoms with van der Waals surface area (Å²) < 4.78 is 26.8. The van der Waals surface area contributed by atoms with Crippen molar-refractivity contribution in [1.82, 2.24) is 9.55 Å². The van der Waals surface area contributed by atoms with Crippen molar-refractivity contribution in [2.45, 2.75) is 49.5 Å². The second-order valence-electron chi connectivity index (χ2n) is 15.2. The molecule has 7 aromatic rings. The molecular weight excluding hydrogens is 751 g/mol. The largest absolute Gasteiger partial charge is 0.497 e. The number of aliphatic hydroxyl groups excluding tert-OH is 1. The Labute approximate surface area is 350 Å². The van der Waals surface area contributed by atoms with Crippen molar-refractivity contribution in [1.29, 1.82) is 0 Å². The van der Waals surface area contributed by atoms with Gasteiger partial charge in [-0.25, -0.2) is 4.79 Å². The Morgan fingerprint density at radius 3 is 1.48 bits per heavy atom. The van der Waals surface area contributed by atoms with Crippen LogP contribution in [0.5, 0.6) is 11.5 Å². The lowest BCUT2D eigenvalue weighted by molar-refractivity contribution is -0.119. The van der Waals surface area contributed by atoms with E-state index in [1.165, 1.54) is 4.57 Å². The van der Waals surface area contributed by atoms with Crippen molar-refractivity contribution < 1.29 is 24.1 Å². The SMILES string of the molecule is COc1ccc(C(Nc2ccn([C@@H]3O[C@H]([C@H](C)O)[C@@H](C)[C@@H]3OC(c3ccccc3)(c3ccccc3)c3ccc(OC)cc3)c(=O)n2)(c2ccccc2)c2ccccc2)cc1. The van der Waals surface area contributed by atoms with Gasteiger partial charge in [0.15, 0.2) is 6.23 Å². The number of hydrogen-bond acceptors (Lipinski definition) is 8. The summed E-state index contributed by atoms with van der Waals surface area (Å²) in [4.78, 5) is 19.3. The first-order valence-corrected chi connectivity index (χ1v) is 20.2. The van der Waals surface area contributed by atoms with Crippen molar-refractivity contribution in [3.8, 4) is 11.5 Å². The molecule has 2 N–H and O–H groups in total. The van der Waals surface area contributed by atoms with Crippen LogP contribution in [0.4, 0.5) is 5.82 Å². The first-order chi connectivity index (χ1) is 29.3. The Bertz CT molecular complexity index is 2440. The van der Waals surface area contributed by atoms with Crippen molar-refractivity contribution in [3.63, 3.8) is 0 Å². The summed E-state index contributed by atoms with van der Waals surface area (Å²) in [7, 11) is 3.28. The lowest BCUT2D eigenvalue weighted by Gasteiger charge is -2.40. The third-order valence-corrected chi connectivity index (χ3v) is 11.6. The molecule has 0 unspecified atom stereocenters. The third kappa shape index (κ3) is 7.47. The highest BCUT2D eigenvalue weighted by Crippen LogP contribution is 2.48. The molecule has 1 aromatic heterocycles. The molecule has 5 atom stereocenters. The maximum atomic E-state index is 14.6. The maximum Gasteiger partial charge on any atom is 0.351 e. The van der Waals surface area contributed by atoms with E-state index in [1.807, 2.05) is 153 Å². The third-order valence-electron chi connectivity index (χ3n) is 11.6. The summed E-state index contributed by atoms with van der Waals surface area (Å²) in [6.07, 6.45) is -1.49. The highest BCUT2D eigenvalue weighted by Gasteiger charge is 2.51. The predicted molar refractivity (Wildman–Crippen MR) is 233 cm³/mol. The topological polar surface area (TPSA) is 104 Å². The number of rotatable bonds is 14. The van der Waals surface area contributed by atoms with Crippen LogP contribution >= 0.6 is 0 Å². The van der Waals surface area contributed by atoms with Crippen LogP contribution in [-0.4, -0.2) is 47.2 Å². The second kappa shape index (κ2) is 17.4. The van der Waals surface area contributed by atoms with Gasteiger partial charge in [-0.05, 0) is 70.6 Å². The van der Waals surface area contributed by atoms with Crippen molar-refractivity contribution >= 4 is 5.82 Å². The number of ether oxygens (including phenoxy) is 4. The van der Waals surface area contributed by atoms with Crippen LogP contribution in [-0.2, 0) is 20.6 Å². The van der Waals surface area contributed by atoms with Gasteiger partial charge in [0.2, 0.25) is 0 Å². The zero-order valence-electron chi connectivity index (χ0n) is 34.1. The molecule has 1 saturated heterocycles. The van der Waals surface area contributed by atoms with Crippen LogP contribution < -0.4 is 20.5 Å². The minimum Gasteiger partial charge on any atom is -0.497 e. The van der Waals surface area contributed by atoms with Gasteiger partial charge < -0.3 is 29.4 Å². The number of hydrogen-bond donors (Lipinski definition) is 2. The number of nitrogens with one attached hydrogen (secondary N) is 1. The normalized spacial score (nSPS) is 18.4. The van der Waals surface area contributed by atoms with E-state index in [4.69, 9.17) is 23.9 Å². The molecule has 0 amide bonds. The number of methoxy groups -OCH3 is 2. The van der Waals surface area contributed by atoms with E-state index in [0.29, 0.717) is 11.6 Å². The molecule has 60 heavy (non-hydrogen) atoms. The Morgan fingerprint density at radius 2 is 1.05 bits per heavy atom. The highest BCUT2D eigenvalue weighted by molar-refractivity contribution is 5.58. The quantitative estimate of drug-likeness (QED) is 0.105. The van der Waals surface area contributed by atoms with Gasteiger partial charge in [0.05, 0.1) is 26.4 Å². The number of anilines is 1. The number of aromatic nitrogens is 2. The fourth-order valence-corrected chi connectivity index (χ4v) is 8.63. The van der Waals surface area contributed by atoms with Crippen LogP contribution in [0.2, 0.25) is 0 Å². The number of nitrogens with zero attached hydrogens (tertiary/aromatic N) is 2. The van der Waals surface area contributed by atoms with E-state index in [2.05, 4.69) is 29.6 Å². The highest BCUT2D eigenvalue weighted by atomic mass is 16.6. The Kier molecular flexibility index (Phi) is 11.7. The van der Waals surface area contributed by atoms with Crippen LogP contribution in [0.25, 0.3) is 0 Å². The van der Waals surface area contributed by atoms with Crippen LogP contribution in [0.15, 0.2) is 187 Å². The molecule has 9 heteroatoms. The fourth-order valence-electron chi connectivity index (χ4n) is 8.63. The van der Waals surface area contributed by atoms with E-state index in [1.54, 1.807) is 33.4 Å². The smallest absolute Gasteiger partial charge is 0.351 e. The van der Waals surface area contributed by atoms with Crippen LogP contribution in [0.3, 0.4) is 0 Å². The van der Waals surface area contributed by atoms with Crippen LogP contribution in [0.1, 0.15) is 53.5 Å². The molecule has 1 aliphatic heterocycles. The molecule has 0 bridgehead atoms. The summed E-state index contributed by atoms with van der Waals surface area (Å²) in [5.74, 6) is 1.43. The Hall–Kier alpha value is -6.52. The molecule has 304 valence electrons. The minimum atomic E-state index is -1.16. The van der Waals surface area contributed by atoms with E-state index in [-0.39, 0.29) is 5.92 Å². The van der Waals surface area contributed by atoms with E-state index in [0.717, 1.165) is 39.1 Å². The Morgan fingerprint density at radius 1 is 0.633 bits per heavy atom. The van der Waals surface area contributed by atoms with Crippen molar-refractivity contribution in [2.24, 2.45) is 5.92 Å². The summed E-state index contributed by atoms with van der Waals surface area (Å²) in [6, 6.07) is 57.8. The zero-order valence-corrected chi connectivity index (χ0v) is 34.1. The van der Waals surface area contributed by atoms with Gasteiger partial charge >= 0.3 is 5.69 Å². The minimum absolute atomic E-state index is 0.358. The molecule has 1 aliphatic rings. The lowest BCUT2D eigenvalue weighted by atomic mass is 9.77. The van der Waals surface area contributed by atoms with E-state index < -0.39 is 41.4 Å². The monoisotopic (exact) mass is 799 g/mol. The van der Waals surface area contributed by atoms with Gasteiger partial charge in [-0.15, -0.1) is 0 Å². The molecule has 8 rings (SSSR count). The molecule has 0 aliphatic carbocycles. The summed E-state index contributed by atoms with van der Waals surface area (Å²) in [5, 5.41) is 14.8. The van der Waals surface area contributed by atoms with Crippen molar-refractivity contribution in [3.05, 3.63) is 226 Å². The van der Waals surface area contributed by atoms with Gasteiger partial charge in [0, 0.05) is 12.1 Å². The standard InChI is InChI=1S/C51H49N3O6/c1-35-46(36(2)55)59-48(47(35)60-51(40-21-13-7-14-22-40,41-23-15-8-16-24-41)42-27-31-44(58-4)32-28-42)54-34-33-45(52-49(54)56)53-50(37-17-9-5-10-18-37,38-19-11-6-12-20-38)39-25-29-43(57-3)30-26-39/h5-36,46-48,55H,1-4H3,(H,52,53,56)/t35-,36+,46+,47+,48-/m1/s1. The maximum absolute atomic E-state index is 14.6. The molecular formula is C51H49N3O6. The molecule has 9 nitrogen and oxygen atoms in total. The lowest BCUT2D eigenvalue weighted by Crippen LogP contribution is -2.43. The van der Waals surface area contributed by atoms with Crippen molar-refractivity contribution in [2.75, 3.05) is 19.5 Å². The molecule has 1 fully saturated rings. The summed E-state index contributed by atoms with van der Waals surface area (Å²) >= 11 is 0. The molecule has 0 saturated carbocycles. The molecule has 2 heterocycles. The first kappa shape index (κ1) is 40.3. The zero-order chi connectivity index (χ0) is 41.7. The summed E-state index contributed by atoms with van der Waals surface area (Å²) in [5.41, 5.74) is 2.78. The average Bonchev–Trinajstić information content (AvgIpc) is 3.63. The summed E-state index contributed by atoms with van der Waals surface area (Å²) in [6.45, 7) is 3.69. The predicted octanol–water partition coefficient (Wildman–Crippen LogP) is 8.96. The molecule has 0 spiro atoms. The van der Waals surface area contributed by atoms with Gasteiger partial charge in [0.1, 0.15) is 34.6 Å². The van der Waals surface area contributed by atoms with Gasteiger partial charge in [0.25, 0.3) is 0 Å². The van der Waals surface area contributed by atoms with E-state index in [9.17, 15) is 9.90 Å².